The number of H-pyrrole nitrogens is 2. The van der Waals surface area contributed by atoms with E-state index < -0.39 is 5.69 Å². The number of carbonyl (C=O) groups is 1. The molecule has 0 atom stereocenters. The van der Waals surface area contributed by atoms with Crippen molar-refractivity contribution in [2.45, 2.75) is 31.8 Å². The standard InChI is InChI=1S/C12H12N6O2/c19-11(10-15-12(20)17-16-10)18-4-7-3-13-9(6-1-2-6)14-8(7)5-18/h3,6H,1-2,4-5H2,(H2,15,16,17,20). The number of carbonyl (C=O) groups excluding carboxylic acids is 1. The Bertz CT molecular complexity index is 744. The smallest absolute Gasteiger partial charge is 0.326 e. The fourth-order valence-corrected chi connectivity index (χ4v) is 2.37. The Labute approximate surface area is 113 Å². The summed E-state index contributed by atoms with van der Waals surface area (Å²) < 4.78 is 0. The molecule has 1 amide bonds. The summed E-state index contributed by atoms with van der Waals surface area (Å²) in [6.45, 7) is 0.888. The van der Waals surface area contributed by atoms with Gasteiger partial charge in [-0.2, -0.15) is 0 Å². The fourth-order valence-electron chi connectivity index (χ4n) is 2.37. The lowest BCUT2D eigenvalue weighted by Crippen LogP contribution is -2.26. The molecular formula is C12H12N6O2. The highest BCUT2D eigenvalue weighted by Crippen LogP contribution is 2.38. The van der Waals surface area contributed by atoms with E-state index in [0.717, 1.165) is 29.9 Å². The van der Waals surface area contributed by atoms with Crippen LogP contribution in [0.5, 0.6) is 0 Å². The zero-order valence-electron chi connectivity index (χ0n) is 10.6. The van der Waals surface area contributed by atoms with Gasteiger partial charge in [-0.1, -0.05) is 0 Å². The van der Waals surface area contributed by atoms with Crippen LogP contribution in [-0.2, 0) is 13.1 Å². The number of nitrogens with one attached hydrogen (secondary N) is 2. The van der Waals surface area contributed by atoms with E-state index in [1.807, 2.05) is 0 Å². The number of aromatic amines is 2. The van der Waals surface area contributed by atoms with Crippen LogP contribution in [0.2, 0.25) is 0 Å². The minimum atomic E-state index is -0.485. The molecule has 2 aliphatic rings. The maximum Gasteiger partial charge on any atom is 0.341 e. The number of hydrogen-bond acceptors (Lipinski definition) is 5. The second-order valence-electron chi connectivity index (χ2n) is 5.16. The predicted octanol–water partition coefficient (Wildman–Crippen LogP) is -0.0786. The first kappa shape index (κ1) is 11.3. The Hall–Kier alpha value is -2.51. The molecule has 0 radical (unpaired) electrons. The molecule has 2 aromatic heterocycles. The Kier molecular flexibility index (Phi) is 2.26. The lowest BCUT2D eigenvalue weighted by Gasteiger charge is -2.12. The van der Waals surface area contributed by atoms with E-state index in [0.29, 0.717) is 19.0 Å². The highest BCUT2D eigenvalue weighted by atomic mass is 16.2. The highest BCUT2D eigenvalue weighted by Gasteiger charge is 2.31. The van der Waals surface area contributed by atoms with Gasteiger partial charge in [-0.25, -0.2) is 19.9 Å². The summed E-state index contributed by atoms with van der Waals surface area (Å²) in [5.41, 5.74) is 1.37. The van der Waals surface area contributed by atoms with Crippen LogP contribution >= 0.6 is 0 Å². The Morgan fingerprint density at radius 2 is 2.20 bits per heavy atom. The summed E-state index contributed by atoms with van der Waals surface area (Å²) in [6, 6.07) is 0. The van der Waals surface area contributed by atoms with Crippen LogP contribution in [0.4, 0.5) is 0 Å². The third-order valence-corrected chi connectivity index (χ3v) is 3.61. The molecule has 1 aliphatic carbocycles. The van der Waals surface area contributed by atoms with Crippen LogP contribution in [0.15, 0.2) is 11.0 Å². The van der Waals surface area contributed by atoms with Crippen LogP contribution in [0, 0.1) is 0 Å². The van der Waals surface area contributed by atoms with Gasteiger partial charge >= 0.3 is 5.69 Å². The molecule has 1 aliphatic heterocycles. The second-order valence-corrected chi connectivity index (χ2v) is 5.16. The molecule has 2 aromatic rings. The molecule has 4 rings (SSSR count). The van der Waals surface area contributed by atoms with E-state index in [-0.39, 0.29) is 11.7 Å². The molecule has 8 heteroatoms. The summed E-state index contributed by atoms with van der Waals surface area (Å²) in [4.78, 5) is 36.0. The second kappa shape index (κ2) is 3.99. The van der Waals surface area contributed by atoms with Gasteiger partial charge in [-0.3, -0.25) is 9.78 Å². The number of hydrogen-bond donors (Lipinski definition) is 2. The minimum Gasteiger partial charge on any atom is -0.326 e. The van der Waals surface area contributed by atoms with Gasteiger partial charge in [0, 0.05) is 24.2 Å². The summed E-state index contributed by atoms with van der Waals surface area (Å²) in [6.07, 6.45) is 4.10. The van der Waals surface area contributed by atoms with Gasteiger partial charge in [0.15, 0.2) is 0 Å². The largest absolute Gasteiger partial charge is 0.341 e. The third-order valence-electron chi connectivity index (χ3n) is 3.61. The maximum atomic E-state index is 12.2. The number of nitrogens with zero attached hydrogens (tertiary/aromatic N) is 4. The van der Waals surface area contributed by atoms with Gasteiger partial charge in [-0.15, -0.1) is 5.10 Å². The van der Waals surface area contributed by atoms with Gasteiger partial charge in [0.25, 0.3) is 5.91 Å². The van der Waals surface area contributed by atoms with E-state index in [1.165, 1.54) is 0 Å². The first-order valence-electron chi connectivity index (χ1n) is 6.49. The molecule has 0 spiro atoms. The monoisotopic (exact) mass is 272 g/mol. The first-order chi connectivity index (χ1) is 9.70. The van der Waals surface area contributed by atoms with Crippen molar-refractivity contribution >= 4 is 5.91 Å². The van der Waals surface area contributed by atoms with Crippen molar-refractivity contribution in [3.63, 3.8) is 0 Å². The highest BCUT2D eigenvalue weighted by molar-refractivity contribution is 5.90. The third kappa shape index (κ3) is 1.80. The fraction of sp³-hybridized carbons (Fsp3) is 0.417. The van der Waals surface area contributed by atoms with Gasteiger partial charge < -0.3 is 4.90 Å². The molecule has 102 valence electrons. The van der Waals surface area contributed by atoms with Crippen molar-refractivity contribution in [1.82, 2.24) is 30.0 Å². The van der Waals surface area contributed by atoms with Crippen LogP contribution < -0.4 is 5.69 Å². The van der Waals surface area contributed by atoms with Gasteiger partial charge in [0.05, 0.1) is 12.2 Å². The van der Waals surface area contributed by atoms with E-state index in [4.69, 9.17) is 0 Å². The van der Waals surface area contributed by atoms with Crippen molar-refractivity contribution in [3.8, 4) is 0 Å². The van der Waals surface area contributed by atoms with E-state index in [1.54, 1.807) is 11.1 Å². The summed E-state index contributed by atoms with van der Waals surface area (Å²) in [7, 11) is 0. The molecule has 1 saturated carbocycles. The SMILES string of the molecule is O=C(c1n[nH]c(=O)[nH]1)N1Cc2cnc(C3CC3)nc2C1. The lowest BCUT2D eigenvalue weighted by molar-refractivity contribution is 0.0738. The molecule has 0 unspecified atom stereocenters. The Balaban J connectivity index is 1.58. The van der Waals surface area contributed by atoms with Crippen LogP contribution in [0.1, 0.15) is 46.5 Å². The average molecular weight is 272 g/mol. The van der Waals surface area contributed by atoms with Crippen molar-refractivity contribution in [2.75, 3.05) is 0 Å². The Morgan fingerprint density at radius 3 is 2.90 bits per heavy atom. The maximum absolute atomic E-state index is 12.2. The van der Waals surface area contributed by atoms with Crippen molar-refractivity contribution in [2.24, 2.45) is 0 Å². The zero-order valence-corrected chi connectivity index (χ0v) is 10.6. The summed E-state index contributed by atoms with van der Waals surface area (Å²) >= 11 is 0. The van der Waals surface area contributed by atoms with Gasteiger partial charge in [0.2, 0.25) is 5.82 Å². The first-order valence-corrected chi connectivity index (χ1v) is 6.49. The molecule has 3 heterocycles. The number of rotatable bonds is 2. The molecule has 0 bridgehead atoms. The van der Waals surface area contributed by atoms with Crippen molar-refractivity contribution in [3.05, 3.63) is 39.6 Å². The normalized spacial score (nSPS) is 17.3. The van der Waals surface area contributed by atoms with E-state index in [2.05, 4.69) is 25.1 Å². The average Bonchev–Trinajstić information content (AvgIpc) is 3.07. The molecule has 8 nitrogen and oxygen atoms in total. The van der Waals surface area contributed by atoms with Gasteiger partial charge in [0.1, 0.15) is 5.82 Å². The summed E-state index contributed by atoms with van der Waals surface area (Å²) in [5.74, 6) is 1.09. The molecule has 1 fully saturated rings. The number of aromatic nitrogens is 5. The number of fused-ring (bicyclic) bond motifs is 1. The van der Waals surface area contributed by atoms with Gasteiger partial charge in [-0.05, 0) is 12.8 Å². The van der Waals surface area contributed by atoms with Crippen LogP contribution in [0.25, 0.3) is 0 Å². The zero-order chi connectivity index (χ0) is 13.7. The Morgan fingerprint density at radius 1 is 1.35 bits per heavy atom. The van der Waals surface area contributed by atoms with Crippen LogP contribution in [0.3, 0.4) is 0 Å². The van der Waals surface area contributed by atoms with Crippen molar-refractivity contribution in [1.29, 1.82) is 0 Å². The topological polar surface area (TPSA) is 108 Å². The van der Waals surface area contributed by atoms with Crippen LogP contribution in [-0.4, -0.2) is 36.0 Å². The van der Waals surface area contributed by atoms with Crippen molar-refractivity contribution < 1.29 is 4.79 Å². The van der Waals surface area contributed by atoms with E-state index in [9.17, 15) is 9.59 Å². The minimum absolute atomic E-state index is 0.0261. The van der Waals surface area contributed by atoms with E-state index >= 15 is 0 Å². The molecule has 0 aromatic carbocycles. The predicted molar refractivity (Wildman–Crippen MR) is 66.8 cm³/mol. The molecule has 0 saturated heterocycles. The molecule has 2 N–H and O–H groups in total. The quantitative estimate of drug-likeness (QED) is 0.795. The lowest BCUT2D eigenvalue weighted by atomic mass is 10.2. The summed E-state index contributed by atoms with van der Waals surface area (Å²) in [5, 5.41) is 5.85. The molecular weight excluding hydrogens is 260 g/mol. The molecule has 20 heavy (non-hydrogen) atoms. The number of amides is 1.